The Labute approximate surface area is 181 Å². The van der Waals surface area contributed by atoms with E-state index in [1.165, 1.54) is 40.8 Å². The molecule has 0 aliphatic heterocycles. The first-order valence-electron chi connectivity index (χ1n) is 8.65. The number of hydrogen-bond acceptors (Lipinski definition) is 0. The topological polar surface area (TPSA) is 0 Å². The Morgan fingerprint density at radius 3 is 1.73 bits per heavy atom. The van der Waals surface area contributed by atoms with Crippen LogP contribution >= 0.6 is 0 Å². The zero-order chi connectivity index (χ0) is 16.4. The normalized spacial score (nSPS) is 10.7. The maximum Gasteiger partial charge on any atom is 4.00 e. The number of hydrogen-bond donors (Lipinski definition) is 0. The fourth-order valence-electron chi connectivity index (χ4n) is 3.83. The molecule has 0 spiro atoms. The van der Waals surface area contributed by atoms with E-state index >= 15 is 0 Å². The molecule has 1 unspecified atom stereocenters. The van der Waals surface area contributed by atoms with Crippen molar-refractivity contribution in [2.45, 2.75) is 67.0 Å². The van der Waals surface area contributed by atoms with E-state index in [-0.39, 0.29) is 44.0 Å². The molecule has 1 atom stereocenters. The van der Waals surface area contributed by atoms with Gasteiger partial charge < -0.3 is 22.3 Å². The average molecular weight is 405 g/mol. The smallest absolute Gasteiger partial charge is 0.358 e. The minimum atomic E-state index is -0.938. The standard InChI is InChI=1S/C21H31Si.3CH3.Ti/c1-8-9-22(20-11-14(2)10-15(3)12-20)13-21-18(6)16(4)17(5)19(21)7;;;;/h10-12,22H,8-9,13H2,1-7H3;3*1H3;/q4*-1;+4. The van der Waals surface area contributed by atoms with Crippen LogP contribution in [0.3, 0.4) is 0 Å². The summed E-state index contributed by atoms with van der Waals surface area (Å²) in [5.74, 6) is 0. The molecular weight excluding hydrogens is 364 g/mol. The first-order chi connectivity index (χ1) is 10.3. The predicted molar refractivity (Wildman–Crippen MR) is 122 cm³/mol. The predicted octanol–water partition coefficient (Wildman–Crippen LogP) is 6.23. The molecule has 0 aliphatic rings. The minimum Gasteiger partial charge on any atom is -0.358 e. The van der Waals surface area contributed by atoms with E-state index in [1.807, 2.05) is 0 Å². The van der Waals surface area contributed by atoms with Gasteiger partial charge in [0, 0.05) is 0 Å². The third kappa shape index (κ3) is 6.59. The van der Waals surface area contributed by atoms with Crippen LogP contribution in [0.5, 0.6) is 0 Å². The third-order valence-corrected chi connectivity index (χ3v) is 8.85. The molecule has 0 radical (unpaired) electrons. The van der Waals surface area contributed by atoms with Crippen molar-refractivity contribution >= 4 is 14.0 Å². The summed E-state index contributed by atoms with van der Waals surface area (Å²) in [6, 6.07) is 9.93. The summed E-state index contributed by atoms with van der Waals surface area (Å²) in [6.45, 7) is 16.0. The van der Waals surface area contributed by atoms with Gasteiger partial charge in [-0.25, -0.2) is 0 Å². The van der Waals surface area contributed by atoms with E-state index in [0.717, 1.165) is 0 Å². The van der Waals surface area contributed by atoms with Crippen LogP contribution in [0.4, 0.5) is 0 Å². The zero-order valence-electron chi connectivity index (χ0n) is 18.9. The monoisotopic (exact) mass is 404 g/mol. The Kier molecular flexibility index (Phi) is 14.9. The number of aryl methyl sites for hydroxylation is 2. The number of rotatable bonds is 5. The van der Waals surface area contributed by atoms with Crippen LogP contribution < -0.4 is 5.19 Å². The summed E-state index contributed by atoms with van der Waals surface area (Å²) in [7, 11) is -0.938. The van der Waals surface area contributed by atoms with Gasteiger partial charge in [-0.2, -0.15) is 27.8 Å². The Bertz CT molecular complexity index is 622. The molecule has 0 bridgehead atoms. The largest absolute Gasteiger partial charge is 4.00 e. The van der Waals surface area contributed by atoms with Crippen molar-refractivity contribution in [3.8, 4) is 0 Å². The van der Waals surface area contributed by atoms with Crippen molar-refractivity contribution in [1.29, 1.82) is 0 Å². The van der Waals surface area contributed by atoms with Crippen LogP contribution in [-0.2, 0) is 27.8 Å². The fourth-order valence-corrected chi connectivity index (χ4v) is 7.40. The second-order valence-electron chi connectivity index (χ2n) is 7.09. The quantitative estimate of drug-likeness (QED) is 0.409. The van der Waals surface area contributed by atoms with E-state index in [9.17, 15) is 0 Å². The number of benzene rings is 1. The van der Waals surface area contributed by atoms with E-state index in [1.54, 1.807) is 21.9 Å². The summed E-state index contributed by atoms with van der Waals surface area (Å²) in [4.78, 5) is 0. The SMILES string of the molecule is CCC[SiH](Cc1c(C)c(C)c(C)[c-]1C)c1cc(C)cc(C)c1.[CH3-].[CH3-].[CH3-].[Ti+4]. The third-order valence-electron chi connectivity index (χ3n) is 5.40. The van der Waals surface area contributed by atoms with Gasteiger partial charge in [-0.1, -0.05) is 87.6 Å². The zero-order valence-corrected chi connectivity index (χ0v) is 21.6. The Balaban J connectivity index is -0.00000132. The van der Waals surface area contributed by atoms with Crippen LogP contribution in [0.15, 0.2) is 18.2 Å². The van der Waals surface area contributed by atoms with Gasteiger partial charge in [0.05, 0.1) is 8.80 Å². The molecule has 2 heteroatoms. The average Bonchev–Trinajstić information content (AvgIpc) is 2.63. The second kappa shape index (κ2) is 12.8. The molecule has 2 aromatic rings. The van der Waals surface area contributed by atoms with Gasteiger partial charge in [-0.3, -0.25) is 0 Å². The molecule has 0 heterocycles. The van der Waals surface area contributed by atoms with Gasteiger partial charge in [0.1, 0.15) is 0 Å². The molecular formula is C24H40SiTi. The van der Waals surface area contributed by atoms with E-state index in [0.29, 0.717) is 0 Å². The summed E-state index contributed by atoms with van der Waals surface area (Å²) < 4.78 is 0. The van der Waals surface area contributed by atoms with Crippen LogP contribution in [0.25, 0.3) is 0 Å². The second-order valence-corrected chi connectivity index (χ2v) is 10.1. The van der Waals surface area contributed by atoms with Crippen molar-refractivity contribution < 1.29 is 21.7 Å². The summed E-state index contributed by atoms with van der Waals surface area (Å²) in [5, 5.41) is 1.66. The summed E-state index contributed by atoms with van der Waals surface area (Å²) in [5.41, 5.74) is 10.6. The Morgan fingerprint density at radius 2 is 1.35 bits per heavy atom. The summed E-state index contributed by atoms with van der Waals surface area (Å²) in [6.07, 6.45) is 1.31. The molecule has 0 saturated heterocycles. The van der Waals surface area contributed by atoms with Crippen LogP contribution in [0, 0.1) is 63.8 Å². The molecule has 0 aromatic heterocycles. The molecule has 0 nitrogen and oxygen atoms in total. The Hall–Kier alpha value is -0.499. The molecule has 0 N–H and O–H groups in total. The molecule has 144 valence electrons. The maximum absolute atomic E-state index is 2.45. The van der Waals surface area contributed by atoms with Gasteiger partial charge >= 0.3 is 21.7 Å². The molecule has 2 rings (SSSR count). The first-order valence-corrected chi connectivity index (χ1v) is 10.9. The van der Waals surface area contributed by atoms with Crippen LogP contribution in [-0.4, -0.2) is 8.80 Å². The molecule has 2 aromatic carbocycles. The first kappa shape index (κ1) is 30.2. The van der Waals surface area contributed by atoms with Crippen molar-refractivity contribution in [2.24, 2.45) is 0 Å². The Morgan fingerprint density at radius 1 is 0.846 bits per heavy atom. The van der Waals surface area contributed by atoms with Crippen molar-refractivity contribution in [2.75, 3.05) is 0 Å². The van der Waals surface area contributed by atoms with Gasteiger partial charge in [0.2, 0.25) is 0 Å². The molecule has 26 heavy (non-hydrogen) atoms. The van der Waals surface area contributed by atoms with Crippen LogP contribution in [0.2, 0.25) is 6.04 Å². The van der Waals surface area contributed by atoms with Gasteiger partial charge in [0.15, 0.2) is 0 Å². The van der Waals surface area contributed by atoms with Gasteiger partial charge in [-0.05, 0) is 13.8 Å². The summed E-state index contributed by atoms with van der Waals surface area (Å²) >= 11 is 0. The fraction of sp³-hybridized carbons (Fsp3) is 0.417. The van der Waals surface area contributed by atoms with Gasteiger partial charge in [-0.15, -0.1) is 0 Å². The van der Waals surface area contributed by atoms with E-state index in [4.69, 9.17) is 0 Å². The maximum atomic E-state index is 2.45. The minimum absolute atomic E-state index is 0. The van der Waals surface area contributed by atoms with Crippen molar-refractivity contribution in [1.82, 2.24) is 0 Å². The molecule has 0 amide bonds. The molecule has 0 saturated carbocycles. The van der Waals surface area contributed by atoms with E-state index in [2.05, 4.69) is 66.7 Å². The van der Waals surface area contributed by atoms with Crippen molar-refractivity contribution in [3.05, 3.63) is 79.4 Å². The van der Waals surface area contributed by atoms with E-state index < -0.39 is 8.80 Å². The van der Waals surface area contributed by atoms with Crippen molar-refractivity contribution in [3.63, 3.8) is 0 Å². The van der Waals surface area contributed by atoms with Crippen LogP contribution in [0.1, 0.15) is 52.3 Å². The van der Waals surface area contributed by atoms with Gasteiger partial charge in [0.25, 0.3) is 0 Å². The molecule has 0 aliphatic carbocycles. The molecule has 0 fully saturated rings.